The lowest BCUT2D eigenvalue weighted by Crippen LogP contribution is -2.16. The number of aromatic nitrogens is 2. The van der Waals surface area contributed by atoms with E-state index in [1.807, 2.05) is 34.9 Å². The predicted molar refractivity (Wildman–Crippen MR) is 131 cm³/mol. The number of ketones is 1. The van der Waals surface area contributed by atoms with Gasteiger partial charge in [-0.25, -0.2) is 9.78 Å². The number of primary amides is 1. The Morgan fingerprint density at radius 3 is 2.36 bits per heavy atom. The second-order valence-electron chi connectivity index (χ2n) is 8.44. The molecule has 33 heavy (non-hydrogen) atoms. The molecule has 7 heteroatoms. The minimum absolute atomic E-state index is 0.0280. The van der Waals surface area contributed by atoms with Gasteiger partial charge in [-0.15, -0.1) is 0 Å². The number of rotatable bonds is 10. The highest BCUT2D eigenvalue weighted by molar-refractivity contribution is 7.99. The third-order valence-corrected chi connectivity index (χ3v) is 6.26. The van der Waals surface area contributed by atoms with Crippen LogP contribution >= 0.6 is 11.8 Å². The van der Waals surface area contributed by atoms with Crippen molar-refractivity contribution in [2.24, 2.45) is 5.73 Å². The molecule has 0 saturated heterocycles. The first-order valence-electron chi connectivity index (χ1n) is 11.1. The number of amides is 1. The van der Waals surface area contributed by atoms with Gasteiger partial charge >= 0.3 is 6.09 Å². The molecule has 0 aliphatic heterocycles. The fourth-order valence-electron chi connectivity index (χ4n) is 3.71. The normalized spacial score (nSPS) is 11.1. The molecule has 1 heterocycles. The summed E-state index contributed by atoms with van der Waals surface area (Å²) >= 11 is 1.64. The predicted octanol–water partition coefficient (Wildman–Crippen LogP) is 5.69. The van der Waals surface area contributed by atoms with Crippen LogP contribution in [0, 0.1) is 13.8 Å². The Kier molecular flexibility index (Phi) is 8.33. The molecule has 3 aromatic rings. The molecule has 2 N–H and O–H groups in total. The van der Waals surface area contributed by atoms with Crippen LogP contribution in [0.2, 0.25) is 0 Å². The van der Waals surface area contributed by atoms with Crippen molar-refractivity contribution in [2.45, 2.75) is 62.9 Å². The van der Waals surface area contributed by atoms with Crippen LogP contribution in [0.4, 0.5) is 4.79 Å². The quantitative estimate of drug-likeness (QED) is 0.307. The van der Waals surface area contributed by atoms with Gasteiger partial charge < -0.3 is 15.0 Å². The standard InChI is InChI=1S/C26H31N3O3S/c1-17(2)24-25(33-21-14-18(3)13-19(4)15-21)29(16-22(30)20-9-6-5-7-10-20)23(28-24)11-8-12-32-26(27)31/h5-7,9-10,13-15,17H,8,11-12,16H2,1-4H3,(H2,27,31). The van der Waals surface area contributed by atoms with Gasteiger partial charge in [0, 0.05) is 16.9 Å². The van der Waals surface area contributed by atoms with Gasteiger partial charge in [-0.05, 0) is 49.4 Å². The van der Waals surface area contributed by atoms with Crippen molar-refractivity contribution >= 4 is 23.6 Å². The number of aryl methyl sites for hydroxylation is 3. The highest BCUT2D eigenvalue weighted by Crippen LogP contribution is 2.36. The van der Waals surface area contributed by atoms with E-state index in [1.165, 1.54) is 11.1 Å². The largest absolute Gasteiger partial charge is 0.450 e. The Bertz CT molecular complexity index is 1100. The highest BCUT2D eigenvalue weighted by atomic mass is 32.2. The maximum Gasteiger partial charge on any atom is 0.404 e. The van der Waals surface area contributed by atoms with Gasteiger partial charge in [-0.2, -0.15) is 0 Å². The molecule has 1 aromatic heterocycles. The molecule has 0 bridgehead atoms. The van der Waals surface area contributed by atoms with Gasteiger partial charge in [0.1, 0.15) is 10.9 Å². The number of imidazole rings is 1. The zero-order valence-corrected chi connectivity index (χ0v) is 20.4. The second kappa shape index (κ2) is 11.2. The number of hydrogen-bond acceptors (Lipinski definition) is 5. The lowest BCUT2D eigenvalue weighted by Gasteiger charge is -2.14. The molecule has 2 aromatic carbocycles. The van der Waals surface area contributed by atoms with Crippen LogP contribution in [-0.2, 0) is 17.7 Å². The first-order chi connectivity index (χ1) is 15.7. The Balaban J connectivity index is 1.99. The van der Waals surface area contributed by atoms with Crippen molar-refractivity contribution < 1.29 is 14.3 Å². The summed E-state index contributed by atoms with van der Waals surface area (Å²) in [7, 11) is 0. The number of benzene rings is 2. The lowest BCUT2D eigenvalue weighted by molar-refractivity contribution is 0.0968. The SMILES string of the molecule is Cc1cc(C)cc(Sc2c(C(C)C)nc(CCCOC(N)=O)n2CC(=O)c2ccccc2)c1. The number of carbonyl (C=O) groups is 2. The van der Waals surface area contributed by atoms with Crippen LogP contribution in [0.25, 0.3) is 0 Å². The van der Waals surface area contributed by atoms with E-state index in [2.05, 4.69) is 45.9 Å². The average molecular weight is 466 g/mol. The molecule has 174 valence electrons. The summed E-state index contributed by atoms with van der Waals surface area (Å²) in [6.45, 7) is 8.80. The van der Waals surface area contributed by atoms with E-state index in [-0.39, 0.29) is 24.9 Å². The smallest absolute Gasteiger partial charge is 0.404 e. The number of carbonyl (C=O) groups excluding carboxylic acids is 2. The fourth-order valence-corrected chi connectivity index (χ4v) is 5.08. The van der Waals surface area contributed by atoms with Gasteiger partial charge in [-0.3, -0.25) is 4.79 Å². The topological polar surface area (TPSA) is 87.2 Å². The second-order valence-corrected chi connectivity index (χ2v) is 9.51. The zero-order valence-electron chi connectivity index (χ0n) is 19.6. The summed E-state index contributed by atoms with van der Waals surface area (Å²) in [6.07, 6.45) is 0.360. The summed E-state index contributed by atoms with van der Waals surface area (Å²) in [5.41, 5.74) is 9.10. The van der Waals surface area contributed by atoms with Crippen molar-refractivity contribution in [3.05, 3.63) is 76.7 Å². The molecule has 3 rings (SSSR count). The summed E-state index contributed by atoms with van der Waals surface area (Å²) in [5.74, 6) is 1.02. The number of hydrogen-bond donors (Lipinski definition) is 1. The van der Waals surface area contributed by atoms with Crippen molar-refractivity contribution in [1.82, 2.24) is 9.55 Å². The van der Waals surface area contributed by atoms with Crippen molar-refractivity contribution in [3.8, 4) is 0 Å². The minimum atomic E-state index is -0.786. The molecule has 0 fully saturated rings. The van der Waals surface area contributed by atoms with E-state index in [9.17, 15) is 9.59 Å². The molecule has 0 saturated carbocycles. The van der Waals surface area contributed by atoms with Crippen LogP contribution in [0.15, 0.2) is 58.5 Å². The molecule has 0 radical (unpaired) electrons. The fraction of sp³-hybridized carbons (Fsp3) is 0.346. The van der Waals surface area contributed by atoms with Crippen LogP contribution in [0.3, 0.4) is 0 Å². The van der Waals surface area contributed by atoms with E-state index in [4.69, 9.17) is 15.5 Å². The molecular weight excluding hydrogens is 434 g/mol. The molecule has 0 aliphatic rings. The van der Waals surface area contributed by atoms with Crippen molar-refractivity contribution in [1.29, 1.82) is 0 Å². The van der Waals surface area contributed by atoms with Crippen LogP contribution in [-0.4, -0.2) is 28.0 Å². The summed E-state index contributed by atoms with van der Waals surface area (Å²) < 4.78 is 6.92. The maximum absolute atomic E-state index is 13.1. The highest BCUT2D eigenvalue weighted by Gasteiger charge is 2.22. The van der Waals surface area contributed by atoms with E-state index in [0.29, 0.717) is 18.4 Å². The van der Waals surface area contributed by atoms with E-state index >= 15 is 0 Å². The Morgan fingerprint density at radius 2 is 1.76 bits per heavy atom. The monoisotopic (exact) mass is 465 g/mol. The lowest BCUT2D eigenvalue weighted by atomic mass is 10.1. The van der Waals surface area contributed by atoms with Gasteiger partial charge in [0.15, 0.2) is 5.78 Å². The van der Waals surface area contributed by atoms with Crippen LogP contribution in [0.1, 0.15) is 59.2 Å². The first kappa shape index (κ1) is 24.6. The Labute approximate surface area is 199 Å². The number of Topliss-reactive ketones (excluding diaryl/α,β-unsaturated/α-hetero) is 1. The number of nitrogens with two attached hydrogens (primary N) is 1. The maximum atomic E-state index is 13.1. The van der Waals surface area contributed by atoms with Gasteiger partial charge in [0.25, 0.3) is 0 Å². The first-order valence-corrected chi connectivity index (χ1v) is 11.9. The number of nitrogens with zero attached hydrogens (tertiary/aromatic N) is 2. The molecular formula is C26H31N3O3S. The van der Waals surface area contributed by atoms with Gasteiger partial charge in [0.05, 0.1) is 18.8 Å². The zero-order chi connectivity index (χ0) is 24.0. The molecule has 0 aliphatic carbocycles. The average Bonchev–Trinajstić information content (AvgIpc) is 3.08. The molecule has 0 unspecified atom stereocenters. The molecule has 0 atom stereocenters. The van der Waals surface area contributed by atoms with Crippen LogP contribution < -0.4 is 5.73 Å². The van der Waals surface area contributed by atoms with Gasteiger partial charge in [0.2, 0.25) is 0 Å². The third-order valence-electron chi connectivity index (χ3n) is 5.17. The molecule has 0 spiro atoms. The number of ether oxygens (including phenoxy) is 1. The Hall–Kier alpha value is -3.06. The Morgan fingerprint density at radius 1 is 1.09 bits per heavy atom. The molecule has 1 amide bonds. The summed E-state index contributed by atoms with van der Waals surface area (Å²) in [4.78, 5) is 30.1. The van der Waals surface area contributed by atoms with Crippen molar-refractivity contribution in [3.63, 3.8) is 0 Å². The van der Waals surface area contributed by atoms with Crippen LogP contribution in [0.5, 0.6) is 0 Å². The van der Waals surface area contributed by atoms with E-state index < -0.39 is 6.09 Å². The van der Waals surface area contributed by atoms with E-state index in [1.54, 1.807) is 11.8 Å². The minimum Gasteiger partial charge on any atom is -0.450 e. The third kappa shape index (κ3) is 6.71. The van der Waals surface area contributed by atoms with Crippen molar-refractivity contribution in [2.75, 3.05) is 6.61 Å². The summed E-state index contributed by atoms with van der Waals surface area (Å²) in [6, 6.07) is 15.8. The van der Waals surface area contributed by atoms with Gasteiger partial charge in [-0.1, -0.05) is 62.0 Å². The van der Waals surface area contributed by atoms with E-state index in [0.717, 1.165) is 21.4 Å². The summed E-state index contributed by atoms with van der Waals surface area (Å²) in [5, 5.41) is 0.977. The molecule has 6 nitrogen and oxygen atoms in total.